The molecule has 2 rings (SSSR count). The molecule has 0 spiro atoms. The summed E-state index contributed by atoms with van der Waals surface area (Å²) in [4.78, 5) is 4.61. The maximum Gasteiger partial charge on any atom is 0.0705 e. The number of benzene rings is 1. The smallest absolute Gasteiger partial charge is 0.0705 e. The SMILES string of the molecule is NCCCCc1ccc2ccccc2n1. The maximum atomic E-state index is 5.46. The van der Waals surface area contributed by atoms with E-state index in [1.807, 2.05) is 12.1 Å². The number of nitrogens with two attached hydrogens (primary N) is 1. The number of unbranched alkanes of at least 4 members (excludes halogenated alkanes) is 1. The minimum absolute atomic E-state index is 0.771. The minimum Gasteiger partial charge on any atom is -0.330 e. The van der Waals surface area contributed by atoms with E-state index >= 15 is 0 Å². The maximum absolute atomic E-state index is 5.46. The van der Waals surface area contributed by atoms with Crippen LogP contribution < -0.4 is 5.73 Å². The van der Waals surface area contributed by atoms with Crippen LogP contribution in [0.15, 0.2) is 36.4 Å². The second-order valence-corrected chi connectivity index (χ2v) is 3.74. The van der Waals surface area contributed by atoms with Crippen LogP contribution in [0, 0.1) is 0 Å². The van der Waals surface area contributed by atoms with Gasteiger partial charge in [-0.2, -0.15) is 0 Å². The van der Waals surface area contributed by atoms with E-state index in [-0.39, 0.29) is 0 Å². The van der Waals surface area contributed by atoms with Gasteiger partial charge in [0.05, 0.1) is 5.52 Å². The molecule has 2 heteroatoms. The Labute approximate surface area is 90.1 Å². The summed E-state index contributed by atoms with van der Waals surface area (Å²) in [6, 6.07) is 12.5. The molecule has 0 saturated carbocycles. The Morgan fingerprint density at radius 2 is 1.87 bits per heavy atom. The molecule has 0 atom stereocenters. The number of aryl methyl sites for hydroxylation is 1. The summed E-state index contributed by atoms with van der Waals surface area (Å²) in [5.74, 6) is 0. The van der Waals surface area contributed by atoms with E-state index in [2.05, 4.69) is 29.2 Å². The van der Waals surface area contributed by atoms with Crippen LogP contribution in [0.4, 0.5) is 0 Å². The quantitative estimate of drug-likeness (QED) is 0.770. The standard InChI is InChI=1S/C13H16N2/c14-10-4-3-6-12-9-8-11-5-1-2-7-13(11)15-12/h1-2,5,7-9H,3-4,6,10,14H2. The average molecular weight is 200 g/mol. The molecule has 1 heterocycles. The summed E-state index contributed by atoms with van der Waals surface area (Å²) in [5.41, 5.74) is 7.72. The van der Waals surface area contributed by atoms with Gasteiger partial charge in [0.2, 0.25) is 0 Å². The minimum atomic E-state index is 0.771. The number of hydrogen-bond donors (Lipinski definition) is 1. The summed E-state index contributed by atoms with van der Waals surface area (Å²) in [5, 5.41) is 1.21. The van der Waals surface area contributed by atoms with Crippen molar-refractivity contribution >= 4 is 10.9 Å². The highest BCUT2D eigenvalue weighted by molar-refractivity contribution is 5.78. The summed E-state index contributed by atoms with van der Waals surface area (Å²) in [7, 11) is 0. The fourth-order valence-corrected chi connectivity index (χ4v) is 1.70. The van der Waals surface area contributed by atoms with Crippen molar-refractivity contribution in [2.75, 3.05) is 6.54 Å². The predicted octanol–water partition coefficient (Wildman–Crippen LogP) is 2.52. The molecule has 0 bridgehead atoms. The van der Waals surface area contributed by atoms with Crippen molar-refractivity contribution in [1.82, 2.24) is 4.98 Å². The molecule has 1 aromatic carbocycles. The number of aromatic nitrogens is 1. The van der Waals surface area contributed by atoms with E-state index in [1.165, 1.54) is 11.1 Å². The Balaban J connectivity index is 2.16. The van der Waals surface area contributed by atoms with Crippen LogP contribution in [-0.2, 0) is 6.42 Å². The van der Waals surface area contributed by atoms with Crippen LogP contribution in [0.5, 0.6) is 0 Å². The lowest BCUT2D eigenvalue weighted by Gasteiger charge is -2.02. The van der Waals surface area contributed by atoms with Gasteiger partial charge in [0.25, 0.3) is 0 Å². The number of rotatable bonds is 4. The molecule has 2 N–H and O–H groups in total. The van der Waals surface area contributed by atoms with Gasteiger partial charge < -0.3 is 5.73 Å². The molecule has 2 aromatic rings. The van der Waals surface area contributed by atoms with Crippen molar-refractivity contribution in [1.29, 1.82) is 0 Å². The van der Waals surface area contributed by atoms with Crippen LogP contribution in [0.1, 0.15) is 18.5 Å². The molecular weight excluding hydrogens is 184 g/mol. The first-order chi connectivity index (χ1) is 7.40. The van der Waals surface area contributed by atoms with Crippen molar-refractivity contribution in [3.8, 4) is 0 Å². The van der Waals surface area contributed by atoms with Gasteiger partial charge in [-0.25, -0.2) is 0 Å². The highest BCUT2D eigenvalue weighted by Crippen LogP contribution is 2.12. The summed E-state index contributed by atoms with van der Waals surface area (Å²) in [6.07, 6.45) is 3.23. The van der Waals surface area contributed by atoms with Gasteiger partial charge in [-0.15, -0.1) is 0 Å². The van der Waals surface area contributed by atoms with Crippen molar-refractivity contribution in [3.05, 3.63) is 42.1 Å². The van der Waals surface area contributed by atoms with Gasteiger partial charge in [-0.1, -0.05) is 24.3 Å². The highest BCUT2D eigenvalue weighted by Gasteiger charge is 1.97. The van der Waals surface area contributed by atoms with Crippen LogP contribution >= 0.6 is 0 Å². The Bertz CT molecular complexity index is 437. The van der Waals surface area contributed by atoms with Crippen molar-refractivity contribution in [2.45, 2.75) is 19.3 Å². The summed E-state index contributed by atoms with van der Waals surface area (Å²) >= 11 is 0. The van der Waals surface area contributed by atoms with Gasteiger partial charge in [0.1, 0.15) is 0 Å². The zero-order chi connectivity index (χ0) is 10.5. The van der Waals surface area contributed by atoms with Crippen LogP contribution in [-0.4, -0.2) is 11.5 Å². The van der Waals surface area contributed by atoms with Gasteiger partial charge in [-0.3, -0.25) is 4.98 Å². The lowest BCUT2D eigenvalue weighted by atomic mass is 10.1. The fourth-order valence-electron chi connectivity index (χ4n) is 1.70. The first-order valence-corrected chi connectivity index (χ1v) is 5.45. The van der Waals surface area contributed by atoms with Crippen LogP contribution in [0.2, 0.25) is 0 Å². The Morgan fingerprint density at radius 1 is 1.00 bits per heavy atom. The Hall–Kier alpha value is -1.41. The van der Waals surface area contributed by atoms with Gasteiger partial charge in [0, 0.05) is 11.1 Å². The predicted molar refractivity (Wildman–Crippen MR) is 63.7 cm³/mol. The van der Waals surface area contributed by atoms with E-state index in [4.69, 9.17) is 5.73 Å². The molecule has 0 aliphatic rings. The zero-order valence-corrected chi connectivity index (χ0v) is 8.82. The third kappa shape index (κ3) is 2.54. The van der Waals surface area contributed by atoms with Gasteiger partial charge in [0.15, 0.2) is 0 Å². The monoisotopic (exact) mass is 200 g/mol. The first-order valence-electron chi connectivity index (χ1n) is 5.45. The number of para-hydroxylation sites is 1. The van der Waals surface area contributed by atoms with Crippen molar-refractivity contribution in [2.24, 2.45) is 5.73 Å². The van der Waals surface area contributed by atoms with Gasteiger partial charge >= 0.3 is 0 Å². The largest absolute Gasteiger partial charge is 0.330 e. The number of hydrogen-bond acceptors (Lipinski definition) is 2. The molecule has 1 aromatic heterocycles. The molecule has 2 nitrogen and oxygen atoms in total. The second-order valence-electron chi connectivity index (χ2n) is 3.74. The Morgan fingerprint density at radius 3 is 2.73 bits per heavy atom. The highest BCUT2D eigenvalue weighted by atomic mass is 14.7. The molecule has 0 aliphatic carbocycles. The van der Waals surface area contributed by atoms with E-state index in [0.717, 1.165) is 31.3 Å². The topological polar surface area (TPSA) is 38.9 Å². The zero-order valence-electron chi connectivity index (χ0n) is 8.82. The fraction of sp³-hybridized carbons (Fsp3) is 0.308. The first kappa shape index (κ1) is 10.1. The summed E-state index contributed by atoms with van der Waals surface area (Å²) < 4.78 is 0. The molecule has 0 aliphatic heterocycles. The molecule has 15 heavy (non-hydrogen) atoms. The third-order valence-electron chi connectivity index (χ3n) is 2.54. The lowest BCUT2D eigenvalue weighted by Crippen LogP contribution is -1.99. The molecule has 0 unspecified atom stereocenters. The van der Waals surface area contributed by atoms with E-state index in [0.29, 0.717) is 0 Å². The summed E-state index contributed by atoms with van der Waals surface area (Å²) in [6.45, 7) is 0.771. The van der Waals surface area contributed by atoms with Crippen molar-refractivity contribution < 1.29 is 0 Å². The lowest BCUT2D eigenvalue weighted by molar-refractivity contribution is 0.734. The number of pyridine rings is 1. The molecule has 0 amide bonds. The average Bonchev–Trinajstić information content (AvgIpc) is 2.29. The van der Waals surface area contributed by atoms with E-state index < -0.39 is 0 Å². The number of nitrogens with zero attached hydrogens (tertiary/aromatic N) is 1. The van der Waals surface area contributed by atoms with Gasteiger partial charge in [-0.05, 0) is 37.9 Å². The molecule has 0 saturated heterocycles. The third-order valence-corrected chi connectivity index (χ3v) is 2.54. The normalized spacial score (nSPS) is 10.7. The molecule has 0 fully saturated rings. The second kappa shape index (κ2) is 4.89. The van der Waals surface area contributed by atoms with Crippen LogP contribution in [0.3, 0.4) is 0 Å². The number of fused-ring (bicyclic) bond motifs is 1. The molecule has 0 radical (unpaired) electrons. The van der Waals surface area contributed by atoms with Crippen LogP contribution in [0.25, 0.3) is 10.9 Å². The molecular formula is C13H16N2. The Kier molecular flexibility index (Phi) is 3.30. The van der Waals surface area contributed by atoms with Crippen molar-refractivity contribution in [3.63, 3.8) is 0 Å². The van der Waals surface area contributed by atoms with E-state index in [1.54, 1.807) is 0 Å². The molecule has 78 valence electrons. The van der Waals surface area contributed by atoms with E-state index in [9.17, 15) is 0 Å².